The lowest BCUT2D eigenvalue weighted by Gasteiger charge is -2.26. The van der Waals surface area contributed by atoms with Crippen molar-refractivity contribution < 1.29 is 13.9 Å². The van der Waals surface area contributed by atoms with E-state index in [9.17, 15) is 9.18 Å². The van der Waals surface area contributed by atoms with Gasteiger partial charge in [0.05, 0.1) is 37.3 Å². The molecular formula is C20H17FN4O2. The second-order valence-electron chi connectivity index (χ2n) is 6.14. The van der Waals surface area contributed by atoms with Gasteiger partial charge in [-0.15, -0.1) is 0 Å². The van der Waals surface area contributed by atoms with E-state index in [-0.39, 0.29) is 17.6 Å². The van der Waals surface area contributed by atoms with Crippen LogP contribution in [0.2, 0.25) is 0 Å². The topological polar surface area (TPSA) is 66.8 Å². The Kier molecular flexibility index (Phi) is 4.42. The number of halogens is 1. The summed E-state index contributed by atoms with van der Waals surface area (Å²) < 4.78 is 18.9. The zero-order valence-electron chi connectivity index (χ0n) is 14.5. The van der Waals surface area contributed by atoms with Gasteiger partial charge >= 0.3 is 0 Å². The Hall–Kier alpha value is -3.48. The fourth-order valence-electron chi connectivity index (χ4n) is 3.09. The number of aliphatic imine (C=N–C) groups is 1. The van der Waals surface area contributed by atoms with Crippen LogP contribution in [0.5, 0.6) is 0 Å². The van der Waals surface area contributed by atoms with Gasteiger partial charge in [-0.05, 0) is 42.5 Å². The number of benzene rings is 1. The molecular weight excluding hydrogens is 347 g/mol. The minimum Gasteiger partial charge on any atom is -0.497 e. The van der Waals surface area contributed by atoms with Crippen LogP contribution in [0.25, 0.3) is 0 Å². The monoisotopic (exact) mass is 364 g/mol. The number of amides is 1. The van der Waals surface area contributed by atoms with Crippen molar-refractivity contribution in [1.29, 1.82) is 0 Å². The zero-order chi connectivity index (χ0) is 18.8. The normalized spacial score (nSPS) is 20.2. The third kappa shape index (κ3) is 3.31. The summed E-state index contributed by atoms with van der Waals surface area (Å²) >= 11 is 0. The van der Waals surface area contributed by atoms with E-state index in [1.165, 1.54) is 12.3 Å². The molecule has 0 saturated heterocycles. The SMILES string of the molecule is COC1=CC2N=CN(c3ccc(NC(=O)c4ccncc4F)cc3)C2C=C1. The smallest absolute Gasteiger partial charge is 0.258 e. The molecule has 136 valence electrons. The van der Waals surface area contributed by atoms with Gasteiger partial charge in [0.25, 0.3) is 5.91 Å². The van der Waals surface area contributed by atoms with E-state index < -0.39 is 11.7 Å². The van der Waals surface area contributed by atoms with Gasteiger partial charge in [0.1, 0.15) is 5.76 Å². The molecule has 1 amide bonds. The molecule has 6 nitrogen and oxygen atoms in total. The molecule has 0 spiro atoms. The van der Waals surface area contributed by atoms with E-state index in [0.717, 1.165) is 17.6 Å². The van der Waals surface area contributed by atoms with Gasteiger partial charge in [-0.1, -0.05) is 6.08 Å². The minimum atomic E-state index is -0.654. The second kappa shape index (κ2) is 7.03. The number of carbonyl (C=O) groups excluding carboxylic acids is 1. The Labute approximate surface area is 155 Å². The van der Waals surface area contributed by atoms with Crippen LogP contribution < -0.4 is 10.2 Å². The van der Waals surface area contributed by atoms with E-state index in [1.54, 1.807) is 25.6 Å². The van der Waals surface area contributed by atoms with E-state index in [4.69, 9.17) is 4.74 Å². The Morgan fingerprint density at radius 3 is 2.81 bits per heavy atom. The van der Waals surface area contributed by atoms with Gasteiger partial charge in [-0.25, -0.2) is 4.39 Å². The molecule has 2 unspecified atom stereocenters. The summed E-state index contributed by atoms with van der Waals surface area (Å²) in [5.74, 6) is -0.368. The van der Waals surface area contributed by atoms with Crippen molar-refractivity contribution in [3.63, 3.8) is 0 Å². The number of pyridine rings is 1. The number of fused-ring (bicyclic) bond motifs is 1. The van der Waals surface area contributed by atoms with E-state index >= 15 is 0 Å². The van der Waals surface area contributed by atoms with Crippen molar-refractivity contribution in [2.75, 3.05) is 17.3 Å². The van der Waals surface area contributed by atoms with Crippen LogP contribution in [0.4, 0.5) is 15.8 Å². The predicted octanol–water partition coefficient (Wildman–Crippen LogP) is 3.16. The summed E-state index contributed by atoms with van der Waals surface area (Å²) in [6.45, 7) is 0. The molecule has 0 saturated carbocycles. The Morgan fingerprint density at radius 1 is 1.26 bits per heavy atom. The van der Waals surface area contributed by atoms with Gasteiger partial charge < -0.3 is 15.0 Å². The summed E-state index contributed by atoms with van der Waals surface area (Å²) in [5.41, 5.74) is 1.48. The standard InChI is InChI=1S/C20H17FN4O2/c1-27-15-6-7-19-18(10-15)23-12-25(19)14-4-2-13(3-5-14)24-20(26)16-8-9-22-11-17(16)21/h2-12,18-19H,1H3,(H,24,26). The van der Waals surface area contributed by atoms with Crippen LogP contribution in [0.1, 0.15) is 10.4 Å². The number of hydrogen-bond donors (Lipinski definition) is 1. The number of rotatable bonds is 4. The molecule has 1 aliphatic carbocycles. The number of nitrogens with zero attached hydrogens (tertiary/aromatic N) is 3. The summed E-state index contributed by atoms with van der Waals surface area (Å²) in [4.78, 5) is 22.4. The van der Waals surface area contributed by atoms with Crippen LogP contribution in [0, 0.1) is 5.82 Å². The summed E-state index contributed by atoms with van der Waals surface area (Å²) in [6, 6.07) is 8.77. The molecule has 0 fully saturated rings. The van der Waals surface area contributed by atoms with Gasteiger partial charge in [0.15, 0.2) is 5.82 Å². The number of carbonyl (C=O) groups is 1. The van der Waals surface area contributed by atoms with Crippen LogP contribution in [-0.2, 0) is 4.74 Å². The van der Waals surface area contributed by atoms with E-state index in [0.29, 0.717) is 5.69 Å². The van der Waals surface area contributed by atoms with E-state index in [1.807, 2.05) is 24.3 Å². The fourth-order valence-corrected chi connectivity index (χ4v) is 3.09. The zero-order valence-corrected chi connectivity index (χ0v) is 14.5. The highest BCUT2D eigenvalue weighted by atomic mass is 19.1. The number of ether oxygens (including phenoxy) is 1. The highest BCUT2D eigenvalue weighted by Crippen LogP contribution is 2.28. The predicted molar refractivity (Wildman–Crippen MR) is 101 cm³/mol. The van der Waals surface area contributed by atoms with Crippen molar-refractivity contribution >= 4 is 23.6 Å². The number of anilines is 2. The highest BCUT2D eigenvalue weighted by Gasteiger charge is 2.30. The number of hydrogen-bond acceptors (Lipinski definition) is 5. The molecule has 1 aromatic heterocycles. The molecule has 1 aromatic carbocycles. The first kappa shape index (κ1) is 17.0. The lowest BCUT2D eigenvalue weighted by molar-refractivity contribution is 0.102. The second-order valence-corrected chi connectivity index (χ2v) is 6.14. The van der Waals surface area contributed by atoms with Crippen LogP contribution >= 0.6 is 0 Å². The molecule has 0 radical (unpaired) electrons. The van der Waals surface area contributed by atoms with Crippen LogP contribution in [0.3, 0.4) is 0 Å². The molecule has 7 heteroatoms. The molecule has 2 aliphatic rings. The van der Waals surface area contributed by atoms with Gasteiger partial charge in [-0.3, -0.25) is 14.8 Å². The van der Waals surface area contributed by atoms with Crippen molar-refractivity contribution in [3.05, 3.63) is 78.1 Å². The average molecular weight is 364 g/mol. The molecule has 2 aromatic rings. The Bertz CT molecular complexity index is 953. The van der Waals surface area contributed by atoms with Gasteiger partial charge in [0, 0.05) is 17.6 Å². The minimum absolute atomic E-state index is 0.0130. The molecule has 1 aliphatic heterocycles. The summed E-state index contributed by atoms with van der Waals surface area (Å²) in [7, 11) is 1.64. The summed E-state index contributed by atoms with van der Waals surface area (Å²) in [6.07, 6.45) is 10.2. The number of nitrogens with one attached hydrogen (secondary N) is 1. The van der Waals surface area contributed by atoms with Crippen LogP contribution in [0.15, 0.2) is 71.7 Å². The lowest BCUT2D eigenvalue weighted by atomic mass is 10.0. The molecule has 2 heterocycles. The van der Waals surface area contributed by atoms with Crippen LogP contribution in [-0.4, -0.2) is 36.4 Å². The Morgan fingerprint density at radius 2 is 2.07 bits per heavy atom. The third-order valence-electron chi connectivity index (χ3n) is 4.50. The molecule has 1 N–H and O–H groups in total. The fraction of sp³-hybridized carbons (Fsp3) is 0.150. The van der Waals surface area contributed by atoms with Gasteiger partial charge in [-0.2, -0.15) is 0 Å². The molecule has 0 bridgehead atoms. The highest BCUT2D eigenvalue weighted by molar-refractivity contribution is 6.04. The first-order valence-electron chi connectivity index (χ1n) is 8.42. The van der Waals surface area contributed by atoms with Crippen molar-refractivity contribution in [2.45, 2.75) is 12.1 Å². The number of aromatic nitrogens is 1. The first-order valence-corrected chi connectivity index (χ1v) is 8.42. The average Bonchev–Trinajstić information content (AvgIpc) is 3.12. The first-order chi connectivity index (χ1) is 13.2. The third-order valence-corrected chi connectivity index (χ3v) is 4.50. The Balaban J connectivity index is 1.47. The molecule has 27 heavy (non-hydrogen) atoms. The summed E-state index contributed by atoms with van der Waals surface area (Å²) in [5, 5.41) is 2.69. The van der Waals surface area contributed by atoms with Gasteiger partial charge in [0.2, 0.25) is 0 Å². The maximum absolute atomic E-state index is 13.7. The van der Waals surface area contributed by atoms with E-state index in [2.05, 4.69) is 26.3 Å². The largest absolute Gasteiger partial charge is 0.497 e. The number of allylic oxidation sites excluding steroid dienone is 1. The molecule has 4 rings (SSSR count). The maximum Gasteiger partial charge on any atom is 0.258 e. The molecule has 2 atom stereocenters. The lowest BCUT2D eigenvalue weighted by Crippen LogP contribution is -2.35. The van der Waals surface area contributed by atoms with Crippen molar-refractivity contribution in [1.82, 2.24) is 4.98 Å². The van der Waals surface area contributed by atoms with Crippen molar-refractivity contribution in [3.8, 4) is 0 Å². The number of methoxy groups -OCH3 is 1. The quantitative estimate of drug-likeness (QED) is 0.905. The maximum atomic E-state index is 13.7. The van der Waals surface area contributed by atoms with Crippen molar-refractivity contribution in [2.24, 2.45) is 4.99 Å².